The molecular weight excluding hydrogens is 166 g/mol. The molecule has 0 radical (unpaired) electrons. The van der Waals surface area contributed by atoms with Crippen LogP contribution in [-0.4, -0.2) is 5.75 Å². The van der Waals surface area contributed by atoms with Crippen molar-refractivity contribution in [3.8, 4) is 0 Å². The predicted octanol–water partition coefficient (Wildman–Crippen LogP) is 1.89. The zero-order valence-corrected chi connectivity index (χ0v) is 7.99. The zero-order chi connectivity index (χ0) is 3.54. The van der Waals surface area contributed by atoms with Crippen LogP contribution in [0.15, 0.2) is 11.5 Å². The van der Waals surface area contributed by atoms with Crippen LogP contribution in [0.2, 0.25) is 0 Å². The molecule has 0 unspecified atom stereocenters. The summed E-state index contributed by atoms with van der Waals surface area (Å²) in [4.78, 5) is 0. The molecule has 0 bridgehead atoms. The van der Waals surface area contributed by atoms with Crippen molar-refractivity contribution in [1.82, 2.24) is 0 Å². The van der Waals surface area contributed by atoms with Gasteiger partial charge in [-0.1, -0.05) is 27.7 Å². The number of rotatable bonds is 0. The summed E-state index contributed by atoms with van der Waals surface area (Å²) in [5.41, 5.74) is 0. The van der Waals surface area contributed by atoms with Crippen molar-refractivity contribution in [3.05, 3.63) is 11.5 Å². The van der Waals surface area contributed by atoms with E-state index in [1.165, 1.54) is 5.75 Å². The van der Waals surface area contributed by atoms with Gasteiger partial charge in [-0.2, -0.15) is 0 Å². The Bertz CT molecular complexity index is 46.8. The average Bonchev–Trinajstić information content (AvgIpc) is 1.76. The van der Waals surface area contributed by atoms with Crippen LogP contribution in [-0.2, 0) is 19.5 Å². The quantitative estimate of drug-likeness (QED) is 0.401. The van der Waals surface area contributed by atoms with E-state index < -0.39 is 0 Å². The fraction of sp³-hybridized carbons (Fsp3) is 0.333. The molecule has 0 aliphatic carbocycles. The molecule has 1 rings (SSSR count). The fourth-order valence-corrected chi connectivity index (χ4v) is 1.77. The minimum Gasteiger partial charge on any atom is -0.0854 e. The maximum atomic E-state index is 2.16. The molecule has 1 aliphatic heterocycles. The van der Waals surface area contributed by atoms with E-state index in [1.807, 2.05) is 21.6 Å². The van der Waals surface area contributed by atoms with Gasteiger partial charge in [-0.25, -0.2) is 0 Å². The van der Waals surface area contributed by atoms with Crippen molar-refractivity contribution < 1.29 is 19.5 Å². The van der Waals surface area contributed by atoms with Gasteiger partial charge in [0.2, 0.25) is 0 Å². The van der Waals surface area contributed by atoms with E-state index in [0.717, 1.165) is 0 Å². The first-order chi connectivity index (χ1) is 2.50. The zero-order valence-electron chi connectivity index (χ0n) is 3.39. The molecular formula is C3H4S2Zn. The Morgan fingerprint density at radius 2 is 2.33 bits per heavy atom. The summed E-state index contributed by atoms with van der Waals surface area (Å²) in [5.74, 6) is 1.20. The summed E-state index contributed by atoms with van der Waals surface area (Å²) in [6.45, 7) is 0. The van der Waals surface area contributed by atoms with Crippen LogP contribution < -0.4 is 0 Å². The minimum absolute atomic E-state index is 0. The Kier molecular flexibility index (Phi) is 4.98. The van der Waals surface area contributed by atoms with Gasteiger partial charge in [0, 0.05) is 25.2 Å². The molecule has 0 aromatic carbocycles. The molecule has 1 aliphatic rings. The van der Waals surface area contributed by atoms with Crippen molar-refractivity contribution in [3.63, 3.8) is 0 Å². The fourth-order valence-electron chi connectivity index (χ4n) is 0.196. The summed E-state index contributed by atoms with van der Waals surface area (Å²) in [6, 6.07) is 0. The van der Waals surface area contributed by atoms with Gasteiger partial charge in [0.1, 0.15) is 0 Å². The molecule has 0 aromatic heterocycles. The topological polar surface area (TPSA) is 0 Å². The van der Waals surface area contributed by atoms with Gasteiger partial charge in [-0.05, 0) is 5.41 Å². The molecule has 0 amide bonds. The van der Waals surface area contributed by atoms with Crippen molar-refractivity contribution in [1.29, 1.82) is 0 Å². The third-order valence-electron chi connectivity index (χ3n) is 0.384. The molecule has 6 heavy (non-hydrogen) atoms. The molecule has 0 spiro atoms. The van der Waals surface area contributed by atoms with Crippen LogP contribution >= 0.6 is 21.6 Å². The van der Waals surface area contributed by atoms with Crippen molar-refractivity contribution in [2.75, 3.05) is 5.75 Å². The normalized spacial score (nSPS) is 17.3. The van der Waals surface area contributed by atoms with Gasteiger partial charge in [0.25, 0.3) is 0 Å². The van der Waals surface area contributed by atoms with Gasteiger partial charge < -0.3 is 0 Å². The summed E-state index contributed by atoms with van der Waals surface area (Å²) >= 11 is 0. The van der Waals surface area contributed by atoms with Crippen LogP contribution in [0, 0.1) is 0 Å². The maximum Gasteiger partial charge on any atom is 0.0229 e. The van der Waals surface area contributed by atoms with Gasteiger partial charge in [-0.3, -0.25) is 0 Å². The van der Waals surface area contributed by atoms with E-state index in [0.29, 0.717) is 0 Å². The van der Waals surface area contributed by atoms with E-state index in [-0.39, 0.29) is 19.5 Å². The van der Waals surface area contributed by atoms with Gasteiger partial charge in [0.05, 0.1) is 0 Å². The molecule has 0 atom stereocenters. The first-order valence-corrected chi connectivity index (χ1v) is 3.81. The van der Waals surface area contributed by atoms with Crippen LogP contribution in [0.3, 0.4) is 0 Å². The second-order valence-electron chi connectivity index (χ2n) is 0.753. The molecule has 0 saturated carbocycles. The monoisotopic (exact) mass is 168 g/mol. The number of hydrogen-bond acceptors (Lipinski definition) is 2. The summed E-state index contributed by atoms with van der Waals surface area (Å²) in [5, 5.41) is 2.12. The van der Waals surface area contributed by atoms with Crippen LogP contribution in [0.25, 0.3) is 0 Å². The Balaban J connectivity index is 0.000000250. The molecule has 0 N–H and O–H groups in total. The van der Waals surface area contributed by atoms with Gasteiger partial charge in [0.15, 0.2) is 0 Å². The molecule has 0 nitrogen and oxygen atoms in total. The van der Waals surface area contributed by atoms with E-state index in [2.05, 4.69) is 11.5 Å². The van der Waals surface area contributed by atoms with E-state index in [1.54, 1.807) is 0 Å². The second kappa shape index (κ2) is 4.23. The third-order valence-corrected chi connectivity index (χ3v) is 2.30. The first-order valence-electron chi connectivity index (χ1n) is 1.43. The van der Waals surface area contributed by atoms with Crippen LogP contribution in [0.5, 0.6) is 0 Å². The van der Waals surface area contributed by atoms with E-state index in [4.69, 9.17) is 0 Å². The summed E-state index contributed by atoms with van der Waals surface area (Å²) < 4.78 is 0. The van der Waals surface area contributed by atoms with E-state index >= 15 is 0 Å². The maximum absolute atomic E-state index is 2.16. The van der Waals surface area contributed by atoms with Crippen LogP contribution in [0.1, 0.15) is 0 Å². The van der Waals surface area contributed by atoms with Crippen molar-refractivity contribution >= 4 is 21.6 Å². The SMILES string of the molecule is C1=CSSC1.[Zn]. The molecule has 30 valence electrons. The summed E-state index contributed by atoms with van der Waals surface area (Å²) in [7, 11) is 3.69. The first kappa shape index (κ1) is 7.06. The van der Waals surface area contributed by atoms with Gasteiger partial charge >= 0.3 is 0 Å². The minimum atomic E-state index is 0. The largest absolute Gasteiger partial charge is 0.0854 e. The molecule has 0 fully saturated rings. The molecule has 0 aromatic rings. The standard InChI is InChI=1S/C3H4S2.Zn/c1-2-4-5-3-1;/h1-2H,3H2;. The second-order valence-corrected chi connectivity index (χ2v) is 3.07. The van der Waals surface area contributed by atoms with E-state index in [9.17, 15) is 0 Å². The molecule has 0 saturated heterocycles. The van der Waals surface area contributed by atoms with Crippen LogP contribution in [0.4, 0.5) is 0 Å². The Morgan fingerprint density at radius 1 is 1.50 bits per heavy atom. The van der Waals surface area contributed by atoms with Gasteiger partial charge in [-0.15, -0.1) is 0 Å². The third kappa shape index (κ3) is 2.27. The smallest absolute Gasteiger partial charge is 0.0229 e. The number of hydrogen-bond donors (Lipinski definition) is 0. The average molecular weight is 170 g/mol. The van der Waals surface area contributed by atoms with Crippen molar-refractivity contribution in [2.45, 2.75) is 0 Å². The molecule has 3 heteroatoms. The summed E-state index contributed by atoms with van der Waals surface area (Å²) in [6.07, 6.45) is 2.16. The molecule has 1 heterocycles. The Labute approximate surface area is 58.3 Å². The Hall–Kier alpha value is 1.06. The van der Waals surface area contributed by atoms with Crippen molar-refractivity contribution in [2.24, 2.45) is 0 Å². The predicted molar refractivity (Wildman–Crippen MR) is 29.2 cm³/mol. The Morgan fingerprint density at radius 3 is 2.50 bits per heavy atom.